The third kappa shape index (κ3) is 16.3. The minimum absolute atomic E-state index is 0.0649. The molecule has 6 aromatic carbocycles. The van der Waals surface area contributed by atoms with E-state index in [9.17, 15) is 28.8 Å². The molecule has 6 heterocycles. The fourth-order valence-corrected chi connectivity index (χ4v) is 11.4. The Morgan fingerprint density at radius 1 is 0.302 bits per heavy atom. The number of hydrogen-bond donors (Lipinski definition) is 0. The Kier molecular flexibility index (Phi) is 24.7. The molecule has 12 rings (SSSR count). The molecule has 0 N–H and O–H groups in total. The van der Waals surface area contributed by atoms with Gasteiger partial charge in [0.1, 0.15) is 0 Å². The first-order valence-corrected chi connectivity index (χ1v) is 32.5. The number of aromatic nitrogens is 6. The predicted octanol–water partition coefficient (Wildman–Crippen LogP) is 21.5. The summed E-state index contributed by atoms with van der Waals surface area (Å²) in [6.45, 7) is 46.7. The van der Waals surface area contributed by atoms with Crippen molar-refractivity contribution < 1.29 is 28.8 Å². The van der Waals surface area contributed by atoms with E-state index in [4.69, 9.17) is 0 Å². The lowest BCUT2D eigenvalue weighted by atomic mass is 9.99. The summed E-state index contributed by atoms with van der Waals surface area (Å²) in [7, 11) is 0. The van der Waals surface area contributed by atoms with Crippen LogP contribution in [0.2, 0.25) is 0 Å². The lowest BCUT2D eigenvalue weighted by Crippen LogP contribution is -2.11. The normalized spacial score (nSPS) is 10.9. The van der Waals surface area contributed by atoms with Gasteiger partial charge in [-0.25, -0.2) is 0 Å². The van der Waals surface area contributed by atoms with Crippen LogP contribution in [0.25, 0.3) is 65.4 Å². The minimum atomic E-state index is -0.0905. The van der Waals surface area contributed by atoms with Crippen molar-refractivity contribution in [2.45, 2.75) is 119 Å². The van der Waals surface area contributed by atoms with Crippen LogP contribution in [-0.4, -0.2) is 62.8 Å². The maximum atomic E-state index is 11.9. The second-order valence-corrected chi connectivity index (χ2v) is 25.1. The molecule has 12 nitrogen and oxygen atoms in total. The highest BCUT2D eigenvalue weighted by Gasteiger charge is 2.18. The molecule has 0 spiro atoms. The molecule has 0 radical (unpaired) electrons. The number of para-hydroxylation sites is 3. The third-order valence-electron chi connectivity index (χ3n) is 16.7. The highest BCUT2D eigenvalue weighted by atomic mass is 16.2. The van der Waals surface area contributed by atoms with Crippen LogP contribution < -0.4 is 0 Å². The monoisotopic (exact) mass is 1280 g/mol. The first-order chi connectivity index (χ1) is 45.8. The molecule has 492 valence electrons. The van der Waals surface area contributed by atoms with E-state index in [1.807, 2.05) is 103 Å². The van der Waals surface area contributed by atoms with Crippen molar-refractivity contribution in [1.29, 1.82) is 0 Å². The molecule has 0 aliphatic heterocycles. The molecule has 0 amide bonds. The van der Waals surface area contributed by atoms with Gasteiger partial charge in [-0.3, -0.25) is 56.2 Å². The summed E-state index contributed by atoms with van der Waals surface area (Å²) in [5, 5.41) is 6.67. The zero-order valence-corrected chi connectivity index (χ0v) is 57.6. The topological polar surface area (TPSA) is 132 Å². The summed E-state index contributed by atoms with van der Waals surface area (Å²) in [4.78, 5) is 70.1. The van der Waals surface area contributed by atoms with Gasteiger partial charge < -0.3 is 0 Å². The fourth-order valence-electron chi connectivity index (χ4n) is 11.4. The maximum Gasteiger partial charge on any atom is 0.254 e. The maximum absolute atomic E-state index is 11.9. The predicted molar refractivity (Wildman–Crippen MR) is 401 cm³/mol. The van der Waals surface area contributed by atoms with Gasteiger partial charge in [-0.05, 0) is 167 Å². The number of allylic oxidation sites excluding steroid dienone is 6. The van der Waals surface area contributed by atoms with Crippen LogP contribution >= 0.6 is 0 Å². The van der Waals surface area contributed by atoms with Gasteiger partial charge in [0.05, 0.1) is 33.1 Å². The second kappa shape index (κ2) is 32.7. The largest absolute Gasteiger partial charge is 0.284 e. The van der Waals surface area contributed by atoms with Gasteiger partial charge in [0.25, 0.3) is 35.4 Å². The molecular formula is C84H90N6O6. The molecule has 0 bridgehead atoms. The number of hydrogen-bond acceptors (Lipinski definition) is 6. The molecule has 0 saturated carbocycles. The summed E-state index contributed by atoms with van der Waals surface area (Å²) in [5.41, 5.74) is 13.0. The molecule has 12 heteroatoms. The molecule has 0 aliphatic carbocycles. The lowest BCUT2D eigenvalue weighted by molar-refractivity contribution is 0.0963. The quantitative estimate of drug-likeness (QED) is 0.112. The lowest BCUT2D eigenvalue weighted by Gasteiger charge is -2.10. The standard InChI is InChI=1S/6C14H15NO/c1-4-14(16)15-8-7-12-9-11(10(2)3)5-6-13(12)15;1-4-14(16)15-8-7-11-5-6-12(10(2)3)9-13(11)15;1-4-14(16)15-9-8-12-11(10(2)3)6-5-7-13(12)15;1-4-13(16)15-9-8-11-6-5-7-12(10(2)3)14(11)15;1-4-14(16)15-9-12(10(2)3)11-7-5-6-8-13(11)15;1-4-14(16)15-12-8-6-5-7-11(12)9-13(15)10(2)3/h6*4-10H,1H2,2-3H3. The Morgan fingerprint density at radius 3 is 1.30 bits per heavy atom. The first kappa shape index (κ1) is 72.4. The van der Waals surface area contributed by atoms with Crippen molar-refractivity contribution in [1.82, 2.24) is 27.4 Å². The number of rotatable bonds is 12. The SMILES string of the molecule is C=CC(=O)n1c(C(C)C)cc2ccccc21.C=CC(=O)n1cc(C(C)C)c2ccccc21.C=CC(=O)n1ccc2c(C(C)C)cccc21.C=CC(=O)n1ccc2cc(C(C)C)ccc21.C=CC(=O)n1ccc2ccc(C(C)C)cc21.C=CC(=O)n1ccc2cccc(C(C)C)c21. The van der Waals surface area contributed by atoms with Crippen LogP contribution in [0.1, 0.15) is 181 Å². The van der Waals surface area contributed by atoms with E-state index < -0.39 is 0 Å². The Bertz CT molecular complexity index is 4820. The van der Waals surface area contributed by atoms with Gasteiger partial charge in [0, 0.05) is 69.0 Å². The summed E-state index contributed by atoms with van der Waals surface area (Å²) in [6, 6.07) is 50.4. The molecular weight excluding hydrogens is 1190 g/mol. The number of fused-ring (bicyclic) bond motifs is 6. The van der Waals surface area contributed by atoms with Gasteiger partial charge in [0.2, 0.25) is 0 Å². The second-order valence-electron chi connectivity index (χ2n) is 25.1. The Hall–Kier alpha value is -11.0. The van der Waals surface area contributed by atoms with Gasteiger partial charge in [-0.15, -0.1) is 0 Å². The van der Waals surface area contributed by atoms with Crippen molar-refractivity contribution in [2.24, 2.45) is 0 Å². The highest BCUT2D eigenvalue weighted by Crippen LogP contribution is 2.31. The van der Waals surface area contributed by atoms with Crippen LogP contribution in [0.4, 0.5) is 0 Å². The average molecular weight is 1280 g/mol. The highest BCUT2D eigenvalue weighted by molar-refractivity contribution is 6.03. The number of nitrogens with zero attached hydrogens (tertiary/aromatic N) is 6. The zero-order valence-electron chi connectivity index (χ0n) is 57.6. The van der Waals surface area contributed by atoms with E-state index in [2.05, 4.69) is 177 Å². The molecule has 0 fully saturated rings. The Balaban J connectivity index is 0.000000163. The number of carbonyl (C=O) groups excluding carboxylic acids is 6. The van der Waals surface area contributed by atoms with Crippen molar-refractivity contribution in [3.63, 3.8) is 0 Å². The average Bonchev–Trinajstić information content (AvgIpc) is 1.66. The van der Waals surface area contributed by atoms with Gasteiger partial charge >= 0.3 is 0 Å². The molecule has 0 atom stereocenters. The number of benzene rings is 6. The fraction of sp³-hybridized carbons (Fsp3) is 0.214. The van der Waals surface area contributed by atoms with Crippen LogP contribution in [0.15, 0.2) is 259 Å². The molecule has 0 saturated heterocycles. The summed E-state index contributed by atoms with van der Waals surface area (Å²) in [5.74, 6) is 2.05. The van der Waals surface area contributed by atoms with Crippen molar-refractivity contribution in [3.8, 4) is 0 Å². The summed E-state index contributed by atoms with van der Waals surface area (Å²) >= 11 is 0. The Labute approximate surface area is 564 Å². The van der Waals surface area contributed by atoms with Gasteiger partial charge in [-0.2, -0.15) is 0 Å². The van der Waals surface area contributed by atoms with E-state index in [0.29, 0.717) is 35.5 Å². The summed E-state index contributed by atoms with van der Waals surface area (Å²) < 4.78 is 9.96. The van der Waals surface area contributed by atoms with Gasteiger partial charge in [0.15, 0.2) is 0 Å². The zero-order chi connectivity index (χ0) is 70.2. The van der Waals surface area contributed by atoms with Gasteiger partial charge in [-0.1, -0.05) is 207 Å². The van der Waals surface area contributed by atoms with Crippen molar-refractivity contribution in [2.75, 3.05) is 0 Å². The third-order valence-corrected chi connectivity index (χ3v) is 16.7. The van der Waals surface area contributed by atoms with Crippen LogP contribution in [0.3, 0.4) is 0 Å². The van der Waals surface area contributed by atoms with E-state index >= 15 is 0 Å². The van der Waals surface area contributed by atoms with Crippen LogP contribution in [-0.2, 0) is 0 Å². The van der Waals surface area contributed by atoms with Crippen LogP contribution in [0, 0.1) is 0 Å². The van der Waals surface area contributed by atoms with E-state index in [1.165, 1.54) is 64.3 Å². The van der Waals surface area contributed by atoms with E-state index in [-0.39, 0.29) is 35.4 Å². The molecule has 12 aromatic rings. The van der Waals surface area contributed by atoms with E-state index in [0.717, 1.165) is 71.1 Å². The number of carbonyl (C=O) groups is 6. The first-order valence-electron chi connectivity index (χ1n) is 32.5. The molecule has 6 aromatic heterocycles. The minimum Gasteiger partial charge on any atom is -0.284 e. The Morgan fingerprint density at radius 2 is 0.719 bits per heavy atom. The van der Waals surface area contributed by atoms with Crippen LogP contribution in [0.5, 0.6) is 0 Å². The molecule has 0 aliphatic rings. The van der Waals surface area contributed by atoms with Crippen molar-refractivity contribution in [3.05, 3.63) is 292 Å². The molecule has 0 unspecified atom stereocenters. The molecule has 96 heavy (non-hydrogen) atoms. The van der Waals surface area contributed by atoms with Crippen molar-refractivity contribution >= 4 is 101 Å². The smallest absolute Gasteiger partial charge is 0.254 e. The summed E-state index contributed by atoms with van der Waals surface area (Å²) in [6.07, 6.45) is 17.2. The van der Waals surface area contributed by atoms with E-state index in [1.54, 1.807) is 52.2 Å².